The molecule has 0 heterocycles. The number of amides is 1. The minimum absolute atomic E-state index is 0.0584. The van der Waals surface area contributed by atoms with Gasteiger partial charge < -0.3 is 26.2 Å². The first-order valence-corrected chi connectivity index (χ1v) is 18.9. The van der Waals surface area contributed by atoms with E-state index in [1.54, 1.807) is 0 Å². The lowest BCUT2D eigenvalue weighted by Gasteiger charge is -2.25. The largest absolute Gasteiger partial charge is 0.472 e. The first-order valence-electron chi connectivity index (χ1n) is 17.4. The minimum atomic E-state index is -4.36. The maximum absolute atomic E-state index is 12.7. The number of nitrogens with two attached hydrogens (primary N) is 1. The van der Waals surface area contributed by atoms with E-state index in [0.29, 0.717) is 12.8 Å². The molecule has 0 aromatic heterocycles. The van der Waals surface area contributed by atoms with Crippen molar-refractivity contribution in [3.05, 3.63) is 12.2 Å². The van der Waals surface area contributed by atoms with Gasteiger partial charge in [-0.1, -0.05) is 122 Å². The Bertz CT molecular complexity index is 711. The minimum Gasteiger partial charge on any atom is -0.393 e. The van der Waals surface area contributed by atoms with Gasteiger partial charge in [0.15, 0.2) is 0 Å². The molecule has 0 aliphatic carbocycles. The van der Waals surface area contributed by atoms with Crippen LogP contribution in [0.2, 0.25) is 0 Å². The van der Waals surface area contributed by atoms with Crippen LogP contribution in [0, 0.1) is 0 Å². The second-order valence-electron chi connectivity index (χ2n) is 11.9. The van der Waals surface area contributed by atoms with Crippen molar-refractivity contribution >= 4 is 13.7 Å². The summed E-state index contributed by atoms with van der Waals surface area (Å²) in [4.78, 5) is 22.5. The van der Waals surface area contributed by atoms with Crippen molar-refractivity contribution in [3.8, 4) is 0 Å². The zero-order valence-corrected chi connectivity index (χ0v) is 28.5. The lowest BCUT2D eigenvalue weighted by atomic mass is 10.0. The molecule has 10 heteroatoms. The highest BCUT2D eigenvalue weighted by Crippen LogP contribution is 2.43. The van der Waals surface area contributed by atoms with Crippen LogP contribution in [0.15, 0.2) is 12.2 Å². The molecule has 0 fully saturated rings. The number of phosphoric acid groups is 1. The Labute approximate surface area is 263 Å². The molecule has 0 rings (SSSR count). The van der Waals surface area contributed by atoms with Gasteiger partial charge in [-0.2, -0.15) is 0 Å². The number of aliphatic hydroxyl groups is 2. The molecule has 43 heavy (non-hydrogen) atoms. The molecule has 0 spiro atoms. The molecule has 1 amide bonds. The summed E-state index contributed by atoms with van der Waals surface area (Å²) in [6, 6.07) is -0.894. The molecule has 0 radical (unpaired) electrons. The Morgan fingerprint density at radius 3 is 1.81 bits per heavy atom. The maximum atomic E-state index is 12.7. The van der Waals surface area contributed by atoms with E-state index in [-0.39, 0.29) is 26.2 Å². The number of carbonyl (C=O) groups excluding carboxylic acids is 1. The fraction of sp³-hybridized carbons (Fsp3) is 0.909. The number of hydrogen-bond acceptors (Lipinski definition) is 7. The standard InChI is InChI=1S/C33H67N2O7P/c1-3-5-7-9-11-12-13-14-15-16-17-19-20-22-24-30(36)28-33(38)35-31(29-42-43(39,40)41-27-26-34)32(37)25-23-21-18-10-8-6-4-2/h15-16,30-32,36-37H,3-14,17-29,34H2,1-2H3,(H,35,38)(H,39,40)/b16-15-. The number of hydrogen-bond donors (Lipinski definition) is 5. The Morgan fingerprint density at radius 1 is 0.767 bits per heavy atom. The number of nitrogens with one attached hydrogen (secondary N) is 1. The molecule has 9 nitrogen and oxygen atoms in total. The van der Waals surface area contributed by atoms with Crippen LogP contribution in [-0.4, -0.2) is 59.0 Å². The summed E-state index contributed by atoms with van der Waals surface area (Å²) in [5, 5.41) is 23.9. The molecule has 0 saturated carbocycles. The van der Waals surface area contributed by atoms with Crippen LogP contribution in [0.25, 0.3) is 0 Å². The van der Waals surface area contributed by atoms with Crippen molar-refractivity contribution in [2.45, 2.75) is 173 Å². The summed E-state index contributed by atoms with van der Waals surface area (Å²) in [6.07, 6.45) is 25.6. The topological polar surface area (TPSA) is 151 Å². The fourth-order valence-corrected chi connectivity index (χ4v) is 5.76. The average molecular weight is 635 g/mol. The second kappa shape index (κ2) is 29.9. The highest BCUT2D eigenvalue weighted by molar-refractivity contribution is 7.47. The molecule has 4 unspecified atom stereocenters. The number of carbonyl (C=O) groups is 1. The Morgan fingerprint density at radius 2 is 1.26 bits per heavy atom. The van der Waals surface area contributed by atoms with Crippen LogP contribution in [0.1, 0.15) is 155 Å². The van der Waals surface area contributed by atoms with Gasteiger partial charge in [0.2, 0.25) is 5.91 Å². The summed E-state index contributed by atoms with van der Waals surface area (Å²) >= 11 is 0. The van der Waals surface area contributed by atoms with Crippen LogP contribution in [0.5, 0.6) is 0 Å². The first-order chi connectivity index (χ1) is 20.8. The molecule has 0 aromatic rings. The summed E-state index contributed by atoms with van der Waals surface area (Å²) < 4.78 is 21.9. The molecule has 0 saturated heterocycles. The predicted octanol–water partition coefficient (Wildman–Crippen LogP) is 7.46. The van der Waals surface area contributed by atoms with Crippen LogP contribution < -0.4 is 11.1 Å². The van der Waals surface area contributed by atoms with Gasteiger partial charge >= 0.3 is 7.82 Å². The fourth-order valence-electron chi connectivity index (χ4n) is 5.00. The van der Waals surface area contributed by atoms with E-state index in [9.17, 15) is 24.5 Å². The maximum Gasteiger partial charge on any atom is 0.472 e. The van der Waals surface area contributed by atoms with Crippen molar-refractivity contribution in [2.24, 2.45) is 5.73 Å². The van der Waals surface area contributed by atoms with Crippen molar-refractivity contribution in [1.29, 1.82) is 0 Å². The molecular formula is C33H67N2O7P. The van der Waals surface area contributed by atoms with Crippen LogP contribution in [-0.2, 0) is 18.4 Å². The van der Waals surface area contributed by atoms with E-state index in [2.05, 4.69) is 31.3 Å². The smallest absolute Gasteiger partial charge is 0.393 e. The van der Waals surface area contributed by atoms with E-state index in [1.807, 2.05) is 0 Å². The molecule has 256 valence electrons. The second-order valence-corrected chi connectivity index (χ2v) is 13.4. The van der Waals surface area contributed by atoms with Gasteiger partial charge in [-0.3, -0.25) is 13.8 Å². The highest BCUT2D eigenvalue weighted by Gasteiger charge is 2.28. The molecule has 0 aliphatic rings. The summed E-state index contributed by atoms with van der Waals surface area (Å²) in [7, 11) is -4.36. The third-order valence-electron chi connectivity index (χ3n) is 7.67. The number of allylic oxidation sites excluding steroid dienone is 2. The van der Waals surface area contributed by atoms with E-state index in [0.717, 1.165) is 57.8 Å². The normalized spacial score (nSPS) is 15.4. The quantitative estimate of drug-likeness (QED) is 0.0290. The number of phosphoric ester groups is 1. The van der Waals surface area contributed by atoms with Gasteiger partial charge in [-0.15, -0.1) is 0 Å². The van der Waals surface area contributed by atoms with Crippen LogP contribution >= 0.6 is 7.82 Å². The van der Waals surface area contributed by atoms with Crippen LogP contribution in [0.4, 0.5) is 0 Å². The molecule has 4 atom stereocenters. The van der Waals surface area contributed by atoms with E-state index < -0.39 is 32.0 Å². The Hall–Kier alpha value is -0.800. The van der Waals surface area contributed by atoms with Crippen LogP contribution in [0.3, 0.4) is 0 Å². The van der Waals surface area contributed by atoms with Crippen molar-refractivity contribution in [1.82, 2.24) is 5.32 Å². The van der Waals surface area contributed by atoms with E-state index >= 15 is 0 Å². The summed E-state index contributed by atoms with van der Waals surface area (Å²) in [5.41, 5.74) is 5.32. The van der Waals surface area contributed by atoms with Gasteiger partial charge in [-0.25, -0.2) is 4.57 Å². The number of unbranched alkanes of at least 4 members (excludes halogenated alkanes) is 16. The lowest BCUT2D eigenvalue weighted by Crippen LogP contribution is -2.47. The highest BCUT2D eigenvalue weighted by atomic mass is 31.2. The molecular weight excluding hydrogens is 567 g/mol. The van der Waals surface area contributed by atoms with E-state index in [4.69, 9.17) is 14.8 Å². The monoisotopic (exact) mass is 634 g/mol. The van der Waals surface area contributed by atoms with Crippen molar-refractivity contribution in [2.75, 3.05) is 19.8 Å². The Balaban J connectivity index is 4.35. The zero-order chi connectivity index (χ0) is 32.0. The molecule has 0 aromatic carbocycles. The summed E-state index contributed by atoms with van der Waals surface area (Å²) in [6.45, 7) is 3.95. The SMILES string of the molecule is CCCCCCCCC/C=C\CCCCCC(O)CC(=O)NC(COP(=O)(O)OCCN)C(O)CCCCCCCCC. The first kappa shape index (κ1) is 42.2. The van der Waals surface area contributed by atoms with Gasteiger partial charge in [0.1, 0.15) is 0 Å². The Kier molecular flexibility index (Phi) is 29.3. The zero-order valence-electron chi connectivity index (χ0n) is 27.6. The van der Waals surface area contributed by atoms with Gasteiger partial charge in [0.05, 0.1) is 37.9 Å². The summed E-state index contributed by atoms with van der Waals surface area (Å²) in [5.74, 6) is -0.427. The average Bonchev–Trinajstić information content (AvgIpc) is 2.97. The third kappa shape index (κ3) is 28.4. The molecule has 0 aliphatic heterocycles. The van der Waals surface area contributed by atoms with Crippen molar-refractivity contribution in [3.63, 3.8) is 0 Å². The number of aliphatic hydroxyl groups excluding tert-OH is 2. The number of rotatable bonds is 32. The molecule has 6 N–H and O–H groups in total. The van der Waals surface area contributed by atoms with Crippen molar-refractivity contribution < 1.29 is 33.5 Å². The third-order valence-corrected chi connectivity index (χ3v) is 8.66. The lowest BCUT2D eigenvalue weighted by molar-refractivity contribution is -0.125. The van der Waals surface area contributed by atoms with E-state index in [1.165, 1.54) is 64.2 Å². The van der Waals surface area contributed by atoms with Gasteiger partial charge in [0, 0.05) is 6.54 Å². The van der Waals surface area contributed by atoms with Gasteiger partial charge in [0.25, 0.3) is 0 Å². The predicted molar refractivity (Wildman–Crippen MR) is 177 cm³/mol. The van der Waals surface area contributed by atoms with Gasteiger partial charge in [-0.05, 0) is 38.5 Å². The molecule has 0 bridgehead atoms.